The number of nitrogens with one attached hydrogen (secondary N) is 2. The standard InChI is InChI=1S/C23H27N3O3/c1-3-16-9-5-7-11-19(16)25-21(27)14-24-23(29)18-13-22(28)26(15-18)20-12-8-6-10-17(20)4-2/h5-12,18H,3-4,13-15H2,1-2H3,(H,24,29)(H,25,27). The molecule has 0 saturated carbocycles. The number of aryl methyl sites for hydroxylation is 2. The summed E-state index contributed by atoms with van der Waals surface area (Å²) in [6.45, 7) is 4.28. The van der Waals surface area contributed by atoms with Gasteiger partial charge in [-0.05, 0) is 36.1 Å². The first-order valence-electron chi connectivity index (χ1n) is 10.1. The molecule has 1 aliphatic rings. The van der Waals surface area contributed by atoms with Gasteiger partial charge < -0.3 is 15.5 Å². The van der Waals surface area contributed by atoms with Crippen LogP contribution in [-0.4, -0.2) is 30.8 Å². The maximum atomic E-state index is 12.5. The van der Waals surface area contributed by atoms with Gasteiger partial charge in [-0.25, -0.2) is 0 Å². The number of rotatable bonds is 7. The Morgan fingerprint density at radius 2 is 1.66 bits per heavy atom. The van der Waals surface area contributed by atoms with Crippen LogP contribution in [0, 0.1) is 5.92 Å². The molecule has 1 aliphatic heterocycles. The van der Waals surface area contributed by atoms with Crippen molar-refractivity contribution >= 4 is 29.1 Å². The SMILES string of the molecule is CCc1ccccc1NC(=O)CNC(=O)C1CC(=O)N(c2ccccc2CC)C1. The maximum absolute atomic E-state index is 12.5. The Kier molecular flexibility index (Phi) is 6.65. The van der Waals surface area contributed by atoms with Gasteiger partial charge in [0.1, 0.15) is 0 Å². The number of carbonyl (C=O) groups is 3. The van der Waals surface area contributed by atoms with E-state index in [4.69, 9.17) is 0 Å². The van der Waals surface area contributed by atoms with E-state index in [0.29, 0.717) is 6.54 Å². The lowest BCUT2D eigenvalue weighted by molar-refractivity contribution is -0.127. The molecule has 1 atom stereocenters. The summed E-state index contributed by atoms with van der Waals surface area (Å²) in [7, 11) is 0. The summed E-state index contributed by atoms with van der Waals surface area (Å²) in [5.41, 5.74) is 3.74. The molecule has 6 heteroatoms. The van der Waals surface area contributed by atoms with E-state index in [2.05, 4.69) is 10.6 Å². The van der Waals surface area contributed by atoms with Gasteiger partial charge in [-0.2, -0.15) is 0 Å². The quantitative estimate of drug-likeness (QED) is 0.759. The number of hydrogen-bond acceptors (Lipinski definition) is 3. The molecule has 2 aromatic rings. The zero-order valence-corrected chi connectivity index (χ0v) is 16.9. The summed E-state index contributed by atoms with van der Waals surface area (Å²) in [5.74, 6) is -1.07. The van der Waals surface area contributed by atoms with Crippen LogP contribution in [0.3, 0.4) is 0 Å². The van der Waals surface area contributed by atoms with Crippen molar-refractivity contribution in [2.24, 2.45) is 5.92 Å². The average Bonchev–Trinajstić information content (AvgIpc) is 3.13. The molecule has 0 spiro atoms. The molecule has 3 amide bonds. The lowest BCUT2D eigenvalue weighted by atomic mass is 10.1. The molecular formula is C23H27N3O3. The minimum absolute atomic E-state index is 0.0626. The Morgan fingerprint density at radius 1 is 1.00 bits per heavy atom. The van der Waals surface area contributed by atoms with Gasteiger partial charge in [-0.15, -0.1) is 0 Å². The van der Waals surface area contributed by atoms with Crippen molar-refractivity contribution in [3.8, 4) is 0 Å². The van der Waals surface area contributed by atoms with Crippen LogP contribution in [0.15, 0.2) is 48.5 Å². The average molecular weight is 393 g/mol. The van der Waals surface area contributed by atoms with Crippen LogP contribution in [0.5, 0.6) is 0 Å². The molecule has 1 fully saturated rings. The molecule has 2 aromatic carbocycles. The van der Waals surface area contributed by atoms with Crippen molar-refractivity contribution in [3.05, 3.63) is 59.7 Å². The first-order chi connectivity index (χ1) is 14.0. The van der Waals surface area contributed by atoms with Crippen molar-refractivity contribution in [1.29, 1.82) is 0 Å². The predicted octanol–water partition coefficient (Wildman–Crippen LogP) is 2.92. The number of anilines is 2. The van der Waals surface area contributed by atoms with Crippen LogP contribution >= 0.6 is 0 Å². The van der Waals surface area contributed by atoms with E-state index in [1.165, 1.54) is 0 Å². The number of carbonyl (C=O) groups excluding carboxylic acids is 3. The number of benzene rings is 2. The zero-order chi connectivity index (χ0) is 20.8. The topological polar surface area (TPSA) is 78.5 Å². The molecular weight excluding hydrogens is 366 g/mol. The summed E-state index contributed by atoms with van der Waals surface area (Å²) in [6.07, 6.45) is 1.78. The molecule has 1 unspecified atom stereocenters. The van der Waals surface area contributed by atoms with E-state index >= 15 is 0 Å². The minimum Gasteiger partial charge on any atom is -0.347 e. The van der Waals surface area contributed by atoms with Gasteiger partial charge in [0.25, 0.3) is 0 Å². The monoisotopic (exact) mass is 393 g/mol. The Morgan fingerprint density at radius 3 is 2.38 bits per heavy atom. The largest absolute Gasteiger partial charge is 0.347 e. The van der Waals surface area contributed by atoms with Crippen LogP contribution in [0.1, 0.15) is 31.4 Å². The van der Waals surface area contributed by atoms with E-state index in [1.807, 2.05) is 62.4 Å². The van der Waals surface area contributed by atoms with Crippen molar-refractivity contribution < 1.29 is 14.4 Å². The first kappa shape index (κ1) is 20.6. The van der Waals surface area contributed by atoms with Gasteiger partial charge in [0.2, 0.25) is 17.7 Å². The van der Waals surface area contributed by atoms with E-state index in [9.17, 15) is 14.4 Å². The fourth-order valence-corrected chi connectivity index (χ4v) is 3.65. The second kappa shape index (κ2) is 9.37. The fraction of sp³-hybridized carbons (Fsp3) is 0.348. The Hall–Kier alpha value is -3.15. The van der Waals surface area contributed by atoms with Crippen molar-refractivity contribution in [2.75, 3.05) is 23.3 Å². The lowest BCUT2D eigenvalue weighted by Crippen LogP contribution is -2.38. The van der Waals surface area contributed by atoms with Gasteiger partial charge in [0, 0.05) is 24.3 Å². The molecule has 6 nitrogen and oxygen atoms in total. The van der Waals surface area contributed by atoms with Crippen molar-refractivity contribution in [2.45, 2.75) is 33.1 Å². The third kappa shape index (κ3) is 4.83. The highest BCUT2D eigenvalue weighted by atomic mass is 16.2. The minimum atomic E-state index is -0.455. The molecule has 0 aromatic heterocycles. The maximum Gasteiger partial charge on any atom is 0.243 e. The summed E-state index contributed by atoms with van der Waals surface area (Å²) >= 11 is 0. The van der Waals surface area contributed by atoms with Crippen LogP contribution < -0.4 is 15.5 Å². The summed E-state index contributed by atoms with van der Waals surface area (Å²) in [6, 6.07) is 15.3. The second-order valence-corrected chi connectivity index (χ2v) is 7.16. The normalized spacial score (nSPS) is 16.0. The third-order valence-electron chi connectivity index (χ3n) is 5.25. The number of amides is 3. The summed E-state index contributed by atoms with van der Waals surface area (Å²) in [4.78, 5) is 38.9. The van der Waals surface area contributed by atoms with Gasteiger partial charge in [-0.3, -0.25) is 14.4 Å². The molecule has 1 saturated heterocycles. The van der Waals surface area contributed by atoms with Crippen LogP contribution in [0.2, 0.25) is 0 Å². The third-order valence-corrected chi connectivity index (χ3v) is 5.25. The molecule has 2 N–H and O–H groups in total. The van der Waals surface area contributed by atoms with Crippen molar-refractivity contribution in [1.82, 2.24) is 5.32 Å². The molecule has 29 heavy (non-hydrogen) atoms. The molecule has 0 bridgehead atoms. The second-order valence-electron chi connectivity index (χ2n) is 7.16. The summed E-state index contributed by atoms with van der Waals surface area (Å²) < 4.78 is 0. The van der Waals surface area contributed by atoms with Gasteiger partial charge in [0.05, 0.1) is 12.5 Å². The van der Waals surface area contributed by atoms with E-state index < -0.39 is 5.92 Å². The Balaban J connectivity index is 1.56. The molecule has 3 rings (SSSR count). The van der Waals surface area contributed by atoms with E-state index in [-0.39, 0.29) is 30.7 Å². The molecule has 1 heterocycles. The highest BCUT2D eigenvalue weighted by molar-refractivity contribution is 6.02. The fourth-order valence-electron chi connectivity index (χ4n) is 3.65. The van der Waals surface area contributed by atoms with Crippen molar-refractivity contribution in [3.63, 3.8) is 0 Å². The first-order valence-corrected chi connectivity index (χ1v) is 10.1. The highest BCUT2D eigenvalue weighted by Crippen LogP contribution is 2.28. The number of nitrogens with zero attached hydrogens (tertiary/aromatic N) is 1. The Bertz CT molecular complexity index is 910. The lowest BCUT2D eigenvalue weighted by Gasteiger charge is -2.20. The van der Waals surface area contributed by atoms with Gasteiger partial charge in [0.15, 0.2) is 0 Å². The smallest absolute Gasteiger partial charge is 0.243 e. The van der Waals surface area contributed by atoms with Gasteiger partial charge in [-0.1, -0.05) is 50.2 Å². The molecule has 0 aliphatic carbocycles. The van der Waals surface area contributed by atoms with Crippen LogP contribution in [0.4, 0.5) is 11.4 Å². The number of hydrogen-bond donors (Lipinski definition) is 2. The predicted molar refractivity (Wildman–Crippen MR) is 114 cm³/mol. The molecule has 0 radical (unpaired) electrons. The highest BCUT2D eigenvalue weighted by Gasteiger charge is 2.35. The van der Waals surface area contributed by atoms with E-state index in [0.717, 1.165) is 35.3 Å². The van der Waals surface area contributed by atoms with Gasteiger partial charge >= 0.3 is 0 Å². The summed E-state index contributed by atoms with van der Waals surface area (Å²) in [5, 5.41) is 5.51. The van der Waals surface area contributed by atoms with Crippen LogP contribution in [-0.2, 0) is 27.2 Å². The number of para-hydroxylation sites is 2. The zero-order valence-electron chi connectivity index (χ0n) is 16.9. The van der Waals surface area contributed by atoms with Crippen LogP contribution in [0.25, 0.3) is 0 Å². The van der Waals surface area contributed by atoms with E-state index in [1.54, 1.807) is 4.90 Å². The Labute approximate surface area is 171 Å². The molecule has 152 valence electrons.